The third-order valence-electron chi connectivity index (χ3n) is 3.05. The maximum absolute atomic E-state index is 13.9. The van der Waals surface area contributed by atoms with Gasteiger partial charge in [-0.05, 0) is 30.3 Å². The molecule has 106 valence electrons. The number of nitrogens with two attached hydrogens (primary N) is 1. The summed E-state index contributed by atoms with van der Waals surface area (Å²) in [5, 5.41) is 3.94. The van der Waals surface area contributed by atoms with E-state index in [0.29, 0.717) is 11.1 Å². The summed E-state index contributed by atoms with van der Waals surface area (Å²) in [6.07, 6.45) is 0. The fourth-order valence-corrected chi connectivity index (χ4v) is 2.35. The molecular weight excluding hydrogens is 298 g/mol. The van der Waals surface area contributed by atoms with Gasteiger partial charge < -0.3 is 10.3 Å². The number of benzene rings is 2. The van der Waals surface area contributed by atoms with Crippen LogP contribution in [0.4, 0.5) is 14.7 Å². The van der Waals surface area contributed by atoms with Gasteiger partial charge in [0, 0.05) is 11.1 Å². The first-order chi connectivity index (χ1) is 10.1. The Morgan fingerprint density at radius 2 is 1.81 bits per heavy atom. The van der Waals surface area contributed by atoms with Gasteiger partial charge in [0.2, 0.25) is 5.88 Å². The van der Waals surface area contributed by atoms with Crippen molar-refractivity contribution in [2.45, 2.75) is 0 Å². The van der Waals surface area contributed by atoms with Crippen molar-refractivity contribution in [3.05, 3.63) is 59.1 Å². The highest BCUT2D eigenvalue weighted by Crippen LogP contribution is 2.40. The molecule has 3 aromatic rings. The molecule has 0 atom stereocenters. The Labute approximate surface area is 123 Å². The first kappa shape index (κ1) is 13.6. The van der Waals surface area contributed by atoms with Gasteiger partial charge in [0.15, 0.2) is 0 Å². The molecule has 1 aromatic heterocycles. The Hall–Kier alpha value is -2.40. The average Bonchev–Trinajstić information content (AvgIpc) is 2.81. The molecule has 0 saturated heterocycles. The highest BCUT2D eigenvalue weighted by Gasteiger charge is 2.21. The maximum atomic E-state index is 13.9. The fraction of sp³-hybridized carbons (Fsp3) is 0. The number of nitrogens with zero attached hydrogens (tertiary/aromatic N) is 1. The lowest BCUT2D eigenvalue weighted by Gasteiger charge is -2.06. The van der Waals surface area contributed by atoms with Crippen LogP contribution in [0.5, 0.6) is 0 Å². The van der Waals surface area contributed by atoms with Crippen molar-refractivity contribution < 1.29 is 13.3 Å². The molecule has 0 aliphatic heterocycles. The standard InChI is InChI=1S/C15H9ClF2N2O/c16-11-7-8(17)5-6-9(11)13-14(20-21-15(13)19)10-3-1-2-4-12(10)18/h1-7H,19H2. The molecule has 2 aromatic carbocycles. The second kappa shape index (κ2) is 5.18. The van der Waals surface area contributed by atoms with Crippen LogP contribution in [0.3, 0.4) is 0 Å². The van der Waals surface area contributed by atoms with Gasteiger partial charge in [-0.1, -0.05) is 28.9 Å². The molecule has 0 saturated carbocycles. The number of hydrogen-bond acceptors (Lipinski definition) is 3. The second-order valence-corrected chi connectivity index (χ2v) is 4.78. The zero-order valence-corrected chi connectivity index (χ0v) is 11.4. The number of rotatable bonds is 2. The van der Waals surface area contributed by atoms with Crippen LogP contribution in [0, 0.1) is 11.6 Å². The third-order valence-corrected chi connectivity index (χ3v) is 3.36. The minimum Gasteiger partial charge on any atom is -0.367 e. The van der Waals surface area contributed by atoms with E-state index in [1.54, 1.807) is 18.2 Å². The van der Waals surface area contributed by atoms with Gasteiger partial charge in [0.1, 0.15) is 17.3 Å². The number of anilines is 1. The molecule has 3 nitrogen and oxygen atoms in total. The van der Waals surface area contributed by atoms with E-state index in [-0.39, 0.29) is 22.2 Å². The van der Waals surface area contributed by atoms with E-state index in [1.165, 1.54) is 18.2 Å². The Bertz CT molecular complexity index is 817. The zero-order chi connectivity index (χ0) is 15.0. The van der Waals surface area contributed by atoms with Crippen molar-refractivity contribution in [1.82, 2.24) is 5.16 Å². The summed E-state index contributed by atoms with van der Waals surface area (Å²) in [5.41, 5.74) is 6.98. The van der Waals surface area contributed by atoms with Crippen LogP contribution in [0.15, 0.2) is 47.0 Å². The number of halogens is 3. The van der Waals surface area contributed by atoms with E-state index >= 15 is 0 Å². The molecule has 0 aliphatic carbocycles. The monoisotopic (exact) mass is 306 g/mol. The summed E-state index contributed by atoms with van der Waals surface area (Å²) >= 11 is 6.03. The topological polar surface area (TPSA) is 52.0 Å². The predicted octanol–water partition coefficient (Wildman–Crippen LogP) is 4.52. The Kier molecular flexibility index (Phi) is 3.35. The fourth-order valence-electron chi connectivity index (χ4n) is 2.09. The summed E-state index contributed by atoms with van der Waals surface area (Å²) in [5.74, 6) is -0.960. The number of aromatic nitrogens is 1. The molecule has 0 radical (unpaired) electrons. The van der Waals surface area contributed by atoms with Crippen LogP contribution in [0.1, 0.15) is 0 Å². The van der Waals surface area contributed by atoms with Gasteiger partial charge in [-0.25, -0.2) is 8.78 Å². The van der Waals surface area contributed by atoms with E-state index in [1.807, 2.05) is 0 Å². The average molecular weight is 307 g/mol. The van der Waals surface area contributed by atoms with E-state index in [2.05, 4.69) is 5.16 Å². The van der Waals surface area contributed by atoms with Crippen molar-refractivity contribution in [2.24, 2.45) is 0 Å². The van der Waals surface area contributed by atoms with Gasteiger partial charge in [-0.2, -0.15) is 0 Å². The Morgan fingerprint density at radius 1 is 1.05 bits per heavy atom. The van der Waals surface area contributed by atoms with Gasteiger partial charge in [0.25, 0.3) is 0 Å². The Balaban J connectivity index is 2.25. The van der Waals surface area contributed by atoms with Gasteiger partial charge in [-0.3, -0.25) is 0 Å². The summed E-state index contributed by atoms with van der Waals surface area (Å²) in [6, 6.07) is 9.91. The van der Waals surface area contributed by atoms with Crippen molar-refractivity contribution in [3.8, 4) is 22.4 Å². The maximum Gasteiger partial charge on any atom is 0.230 e. The van der Waals surface area contributed by atoms with Crippen LogP contribution in [0.25, 0.3) is 22.4 Å². The quantitative estimate of drug-likeness (QED) is 0.757. The van der Waals surface area contributed by atoms with Crippen molar-refractivity contribution in [2.75, 3.05) is 5.73 Å². The molecule has 21 heavy (non-hydrogen) atoms. The zero-order valence-electron chi connectivity index (χ0n) is 10.6. The molecule has 6 heteroatoms. The lowest BCUT2D eigenvalue weighted by atomic mass is 10.0. The second-order valence-electron chi connectivity index (χ2n) is 4.37. The summed E-state index contributed by atoms with van der Waals surface area (Å²) in [6.45, 7) is 0. The van der Waals surface area contributed by atoms with E-state index in [0.717, 1.165) is 6.07 Å². The summed E-state index contributed by atoms with van der Waals surface area (Å²) < 4.78 is 32.0. The van der Waals surface area contributed by atoms with Crippen LogP contribution in [-0.4, -0.2) is 5.16 Å². The molecule has 0 fully saturated rings. The molecule has 0 unspecified atom stereocenters. The smallest absolute Gasteiger partial charge is 0.230 e. The third kappa shape index (κ3) is 2.36. The van der Waals surface area contributed by atoms with E-state index in [4.69, 9.17) is 21.9 Å². The van der Waals surface area contributed by atoms with Crippen LogP contribution in [-0.2, 0) is 0 Å². The van der Waals surface area contributed by atoms with Crippen LogP contribution in [0.2, 0.25) is 5.02 Å². The van der Waals surface area contributed by atoms with Gasteiger partial charge in [0.05, 0.1) is 10.6 Å². The van der Waals surface area contributed by atoms with Gasteiger partial charge in [-0.15, -0.1) is 0 Å². The summed E-state index contributed by atoms with van der Waals surface area (Å²) in [7, 11) is 0. The first-order valence-electron chi connectivity index (χ1n) is 6.03. The minimum atomic E-state index is -0.480. The van der Waals surface area contributed by atoms with Crippen molar-refractivity contribution in [3.63, 3.8) is 0 Å². The highest BCUT2D eigenvalue weighted by atomic mass is 35.5. The van der Waals surface area contributed by atoms with Gasteiger partial charge >= 0.3 is 0 Å². The molecule has 0 spiro atoms. The Morgan fingerprint density at radius 3 is 2.52 bits per heavy atom. The number of hydrogen-bond donors (Lipinski definition) is 1. The van der Waals surface area contributed by atoms with E-state index < -0.39 is 11.6 Å². The van der Waals surface area contributed by atoms with E-state index in [9.17, 15) is 8.78 Å². The normalized spacial score (nSPS) is 10.8. The van der Waals surface area contributed by atoms with Crippen molar-refractivity contribution >= 4 is 17.5 Å². The molecule has 0 amide bonds. The molecule has 2 N–H and O–H groups in total. The number of nitrogen functional groups attached to an aromatic ring is 1. The predicted molar refractivity (Wildman–Crippen MR) is 76.7 cm³/mol. The molecular formula is C15H9ClF2N2O. The lowest BCUT2D eigenvalue weighted by molar-refractivity contribution is 0.439. The SMILES string of the molecule is Nc1onc(-c2ccccc2F)c1-c1ccc(F)cc1Cl. The highest BCUT2D eigenvalue weighted by molar-refractivity contribution is 6.33. The first-order valence-corrected chi connectivity index (χ1v) is 6.41. The molecule has 0 aliphatic rings. The van der Waals surface area contributed by atoms with Crippen molar-refractivity contribution in [1.29, 1.82) is 0 Å². The molecule has 0 bridgehead atoms. The molecule has 1 heterocycles. The van der Waals surface area contributed by atoms with Crippen LogP contribution < -0.4 is 5.73 Å². The largest absolute Gasteiger partial charge is 0.367 e. The lowest BCUT2D eigenvalue weighted by Crippen LogP contribution is -1.91. The summed E-state index contributed by atoms with van der Waals surface area (Å²) in [4.78, 5) is 0. The van der Waals surface area contributed by atoms with Crippen LogP contribution >= 0.6 is 11.6 Å². The molecule has 3 rings (SSSR count). The minimum absolute atomic E-state index is 0.0123.